The second-order valence-electron chi connectivity index (χ2n) is 6.00. The minimum absolute atomic E-state index is 0.209. The summed E-state index contributed by atoms with van der Waals surface area (Å²) in [6.45, 7) is 2.72. The van der Waals surface area contributed by atoms with Crippen molar-refractivity contribution in [3.05, 3.63) is 36.2 Å². The topological polar surface area (TPSA) is 75.9 Å². The van der Waals surface area contributed by atoms with E-state index < -0.39 is 0 Å². The highest BCUT2D eigenvalue weighted by Crippen LogP contribution is 2.17. The molecule has 1 unspecified atom stereocenters. The van der Waals surface area contributed by atoms with Gasteiger partial charge in [-0.2, -0.15) is 0 Å². The molecule has 7 heteroatoms. The lowest BCUT2D eigenvalue weighted by atomic mass is 9.97. The largest absolute Gasteiger partial charge is 0.342 e. The fourth-order valence-electron chi connectivity index (χ4n) is 3.08. The normalized spacial score (nSPS) is 18.1. The smallest absolute Gasteiger partial charge is 0.226 e. The predicted octanol–water partition coefficient (Wildman–Crippen LogP) is 0.663. The Bertz CT molecular complexity index is 623. The average molecular weight is 314 g/mol. The van der Waals surface area contributed by atoms with Gasteiger partial charge in [0.05, 0.1) is 12.1 Å². The van der Waals surface area contributed by atoms with Crippen molar-refractivity contribution in [2.75, 3.05) is 26.7 Å². The first-order valence-corrected chi connectivity index (χ1v) is 8.01. The van der Waals surface area contributed by atoms with Crippen LogP contribution in [0.2, 0.25) is 0 Å². The van der Waals surface area contributed by atoms with Gasteiger partial charge in [-0.25, -0.2) is 4.68 Å². The monoisotopic (exact) mass is 314 g/mol. The van der Waals surface area contributed by atoms with E-state index in [1.807, 2.05) is 36.2 Å². The average Bonchev–Trinajstić information content (AvgIpc) is 3.11. The number of nitrogens with zero attached hydrogens (tertiary/aromatic N) is 5. The molecule has 1 aromatic heterocycles. The van der Waals surface area contributed by atoms with Gasteiger partial charge in [0.2, 0.25) is 5.91 Å². The molecule has 1 aromatic carbocycles. The van der Waals surface area contributed by atoms with Crippen LogP contribution in [0.4, 0.5) is 0 Å². The van der Waals surface area contributed by atoms with E-state index in [0.717, 1.165) is 37.3 Å². The number of aromatic nitrogens is 4. The number of nitrogens with one attached hydrogen (secondary N) is 1. The highest BCUT2D eigenvalue weighted by molar-refractivity contribution is 5.79. The van der Waals surface area contributed by atoms with Gasteiger partial charge in [-0.1, -0.05) is 12.1 Å². The summed E-state index contributed by atoms with van der Waals surface area (Å²) < 4.78 is 1.60. The number of benzene rings is 1. The minimum Gasteiger partial charge on any atom is -0.342 e. The molecule has 0 saturated carbocycles. The summed E-state index contributed by atoms with van der Waals surface area (Å²) in [5, 5.41) is 14.3. The number of amides is 1. The summed E-state index contributed by atoms with van der Waals surface area (Å²) in [7, 11) is 1.97. The number of hydrogen-bond acceptors (Lipinski definition) is 5. The maximum atomic E-state index is 12.5. The molecule has 0 spiro atoms. The second-order valence-corrected chi connectivity index (χ2v) is 6.00. The van der Waals surface area contributed by atoms with E-state index in [-0.39, 0.29) is 5.91 Å². The summed E-state index contributed by atoms with van der Waals surface area (Å²) in [5.74, 6) is 0.779. The summed E-state index contributed by atoms with van der Waals surface area (Å²) >= 11 is 0. The molecule has 2 heterocycles. The molecule has 0 aliphatic carbocycles. The van der Waals surface area contributed by atoms with Crippen LogP contribution in [0.15, 0.2) is 30.6 Å². The second kappa shape index (κ2) is 7.32. The van der Waals surface area contributed by atoms with Crippen molar-refractivity contribution in [2.24, 2.45) is 5.92 Å². The standard InChI is InChI=1S/C16H22N6O/c1-17-10-14-3-2-8-21(11-14)16(23)9-13-4-6-15(7-5-13)22-12-18-19-20-22/h4-7,12,14,17H,2-3,8-11H2,1H3. The first-order chi connectivity index (χ1) is 11.3. The van der Waals surface area contributed by atoms with Gasteiger partial charge in [0.15, 0.2) is 0 Å². The summed E-state index contributed by atoms with van der Waals surface area (Å²) in [6.07, 6.45) is 4.29. The quantitative estimate of drug-likeness (QED) is 0.877. The Morgan fingerprint density at radius 1 is 1.35 bits per heavy atom. The zero-order valence-electron chi connectivity index (χ0n) is 13.4. The summed E-state index contributed by atoms with van der Waals surface area (Å²) in [5.41, 5.74) is 1.90. The van der Waals surface area contributed by atoms with Crippen LogP contribution in [0.5, 0.6) is 0 Å². The molecule has 7 nitrogen and oxygen atoms in total. The Balaban J connectivity index is 1.59. The van der Waals surface area contributed by atoms with Crippen LogP contribution >= 0.6 is 0 Å². The number of rotatable bonds is 5. The Morgan fingerprint density at radius 2 is 2.17 bits per heavy atom. The van der Waals surface area contributed by atoms with E-state index in [1.165, 1.54) is 6.42 Å². The molecule has 122 valence electrons. The van der Waals surface area contributed by atoms with Gasteiger partial charge in [-0.15, -0.1) is 5.10 Å². The third kappa shape index (κ3) is 3.92. The first-order valence-electron chi connectivity index (χ1n) is 8.01. The van der Waals surface area contributed by atoms with Gasteiger partial charge < -0.3 is 10.2 Å². The van der Waals surface area contributed by atoms with Gasteiger partial charge in [0.25, 0.3) is 0 Å². The molecule has 23 heavy (non-hydrogen) atoms. The number of likely N-dealkylation sites (tertiary alicyclic amines) is 1. The van der Waals surface area contributed by atoms with Gasteiger partial charge in [-0.3, -0.25) is 4.79 Å². The van der Waals surface area contributed by atoms with Crippen LogP contribution in [-0.2, 0) is 11.2 Å². The fraction of sp³-hybridized carbons (Fsp3) is 0.500. The molecule has 0 radical (unpaired) electrons. The van der Waals surface area contributed by atoms with Gasteiger partial charge >= 0.3 is 0 Å². The SMILES string of the molecule is CNCC1CCCN(C(=O)Cc2ccc(-n3cnnn3)cc2)C1. The van der Waals surface area contributed by atoms with Gasteiger partial charge in [0.1, 0.15) is 6.33 Å². The molecule has 3 rings (SSSR count). The fourth-order valence-corrected chi connectivity index (χ4v) is 3.08. The lowest BCUT2D eigenvalue weighted by Crippen LogP contribution is -2.43. The predicted molar refractivity (Wildman–Crippen MR) is 86.1 cm³/mol. The van der Waals surface area contributed by atoms with Crippen molar-refractivity contribution in [1.29, 1.82) is 0 Å². The van der Waals surface area contributed by atoms with E-state index in [0.29, 0.717) is 12.3 Å². The lowest BCUT2D eigenvalue weighted by Gasteiger charge is -2.32. The third-order valence-electron chi connectivity index (χ3n) is 4.27. The van der Waals surface area contributed by atoms with Crippen molar-refractivity contribution in [3.63, 3.8) is 0 Å². The zero-order valence-corrected chi connectivity index (χ0v) is 13.4. The van der Waals surface area contributed by atoms with Crippen LogP contribution in [0.3, 0.4) is 0 Å². The van der Waals surface area contributed by atoms with Gasteiger partial charge in [-0.05, 0) is 60.5 Å². The number of carbonyl (C=O) groups is 1. The molecule has 0 bridgehead atoms. The van der Waals surface area contributed by atoms with E-state index >= 15 is 0 Å². The van der Waals surface area contributed by atoms with Crippen LogP contribution in [0, 0.1) is 5.92 Å². The molecular weight excluding hydrogens is 292 g/mol. The molecular formula is C16H22N6O. The number of tetrazole rings is 1. The first kappa shape index (κ1) is 15.6. The van der Waals surface area contributed by atoms with Crippen LogP contribution in [0.1, 0.15) is 18.4 Å². The Morgan fingerprint density at radius 3 is 2.87 bits per heavy atom. The maximum absolute atomic E-state index is 12.5. The summed E-state index contributed by atoms with van der Waals surface area (Å²) in [6, 6.07) is 7.78. The molecule has 2 aromatic rings. The van der Waals surface area contributed by atoms with Crippen molar-refractivity contribution < 1.29 is 4.79 Å². The van der Waals surface area contributed by atoms with Crippen molar-refractivity contribution >= 4 is 5.91 Å². The molecule has 1 atom stereocenters. The van der Waals surface area contributed by atoms with Crippen molar-refractivity contribution in [2.45, 2.75) is 19.3 Å². The Kier molecular flexibility index (Phi) is 4.97. The van der Waals surface area contributed by atoms with Crippen LogP contribution in [-0.4, -0.2) is 57.7 Å². The molecule has 1 amide bonds. The van der Waals surface area contributed by atoms with E-state index in [9.17, 15) is 4.79 Å². The number of hydrogen-bond donors (Lipinski definition) is 1. The van der Waals surface area contributed by atoms with Crippen molar-refractivity contribution in [1.82, 2.24) is 30.4 Å². The highest BCUT2D eigenvalue weighted by Gasteiger charge is 2.23. The third-order valence-corrected chi connectivity index (χ3v) is 4.27. The summed E-state index contributed by atoms with van der Waals surface area (Å²) in [4.78, 5) is 14.5. The van der Waals surface area contributed by atoms with Crippen LogP contribution < -0.4 is 5.32 Å². The van der Waals surface area contributed by atoms with E-state index in [4.69, 9.17) is 0 Å². The Hall–Kier alpha value is -2.28. The zero-order chi connectivity index (χ0) is 16.1. The Labute approximate surface area is 135 Å². The van der Waals surface area contributed by atoms with E-state index in [1.54, 1.807) is 11.0 Å². The molecule has 1 saturated heterocycles. The van der Waals surface area contributed by atoms with Gasteiger partial charge in [0, 0.05) is 13.1 Å². The van der Waals surface area contributed by atoms with Crippen LogP contribution in [0.25, 0.3) is 5.69 Å². The molecule has 1 aliphatic rings. The lowest BCUT2D eigenvalue weighted by molar-refractivity contribution is -0.132. The molecule has 1 fully saturated rings. The van der Waals surface area contributed by atoms with Crippen molar-refractivity contribution in [3.8, 4) is 5.69 Å². The number of piperidine rings is 1. The molecule has 1 N–H and O–H groups in total. The number of carbonyl (C=O) groups excluding carboxylic acids is 1. The minimum atomic E-state index is 0.209. The van der Waals surface area contributed by atoms with E-state index in [2.05, 4.69) is 20.8 Å². The highest BCUT2D eigenvalue weighted by atomic mass is 16.2. The molecule has 1 aliphatic heterocycles. The maximum Gasteiger partial charge on any atom is 0.226 e.